The number of hydrogen-bond acceptors (Lipinski definition) is 4. The Bertz CT molecular complexity index is 842. The first kappa shape index (κ1) is 23.2. The highest BCUT2D eigenvalue weighted by Gasteiger charge is 2.31. The molecule has 0 spiro atoms. The van der Waals surface area contributed by atoms with Gasteiger partial charge < -0.3 is 15.0 Å². The maximum atomic E-state index is 12.5. The number of carbonyl (C=O) groups is 2. The molecule has 1 atom stereocenters. The van der Waals surface area contributed by atoms with E-state index in [4.69, 9.17) is 0 Å². The van der Waals surface area contributed by atoms with E-state index in [0.717, 1.165) is 17.7 Å². The van der Waals surface area contributed by atoms with Gasteiger partial charge in [-0.3, -0.25) is 14.5 Å². The van der Waals surface area contributed by atoms with Gasteiger partial charge in [0.15, 0.2) is 0 Å². The van der Waals surface area contributed by atoms with Gasteiger partial charge in [-0.25, -0.2) is 0 Å². The first-order chi connectivity index (χ1) is 14.0. The number of amides is 2. The first-order valence-corrected chi connectivity index (χ1v) is 9.20. The summed E-state index contributed by atoms with van der Waals surface area (Å²) in [5.41, 5.74) is 1.33. The molecule has 0 fully saturated rings. The molecule has 6 nitrogen and oxygen atoms in total. The fourth-order valence-corrected chi connectivity index (χ4v) is 2.76. The van der Waals surface area contributed by atoms with Crippen LogP contribution >= 0.6 is 0 Å². The summed E-state index contributed by atoms with van der Waals surface area (Å²) in [5, 5.41) is 2.57. The number of anilines is 1. The van der Waals surface area contributed by atoms with Crippen LogP contribution < -0.4 is 10.1 Å². The Balaban J connectivity index is 1.83. The zero-order valence-corrected chi connectivity index (χ0v) is 16.9. The topological polar surface area (TPSA) is 61.9 Å². The molecule has 30 heavy (non-hydrogen) atoms. The molecule has 0 aromatic heterocycles. The fourth-order valence-electron chi connectivity index (χ4n) is 2.76. The molecule has 9 heteroatoms. The zero-order chi connectivity index (χ0) is 22.3. The van der Waals surface area contributed by atoms with E-state index >= 15 is 0 Å². The SMILES string of the molecule is C[C@@H](c1ccccc1)N(C)C(=O)CN(C)CC(=O)Nc1ccc(OC(F)(F)F)cc1. The molecule has 0 unspecified atom stereocenters. The van der Waals surface area contributed by atoms with Crippen LogP contribution in [0, 0.1) is 0 Å². The molecular formula is C21H24F3N3O3. The van der Waals surface area contributed by atoms with E-state index in [1.54, 1.807) is 23.9 Å². The Labute approximate surface area is 173 Å². The minimum Gasteiger partial charge on any atom is -0.406 e. The van der Waals surface area contributed by atoms with Crippen LogP contribution in [-0.2, 0) is 9.59 Å². The molecule has 0 saturated heterocycles. The minimum atomic E-state index is -4.77. The summed E-state index contributed by atoms with van der Waals surface area (Å²) in [5.74, 6) is -0.914. The van der Waals surface area contributed by atoms with Gasteiger partial charge in [-0.2, -0.15) is 0 Å². The number of alkyl halides is 3. The lowest BCUT2D eigenvalue weighted by atomic mass is 10.1. The third kappa shape index (κ3) is 7.40. The van der Waals surface area contributed by atoms with Crippen LogP contribution in [0.2, 0.25) is 0 Å². The largest absolute Gasteiger partial charge is 0.573 e. The van der Waals surface area contributed by atoms with Crippen molar-refractivity contribution in [2.24, 2.45) is 0 Å². The lowest BCUT2D eigenvalue weighted by molar-refractivity contribution is -0.274. The highest BCUT2D eigenvalue weighted by molar-refractivity contribution is 5.92. The standard InChI is InChI=1S/C21H24F3N3O3/c1-15(16-7-5-4-6-8-16)27(3)20(29)14-26(2)13-19(28)25-17-9-11-18(12-10-17)30-21(22,23)24/h4-12,15H,13-14H2,1-3H3,(H,25,28)/t15-/m0/s1. The molecule has 0 bridgehead atoms. The van der Waals surface area contributed by atoms with Crippen molar-refractivity contribution in [3.05, 3.63) is 60.2 Å². The van der Waals surface area contributed by atoms with Crippen LogP contribution in [0.25, 0.3) is 0 Å². The summed E-state index contributed by atoms with van der Waals surface area (Å²) < 4.78 is 40.3. The van der Waals surface area contributed by atoms with Crippen LogP contribution in [0.1, 0.15) is 18.5 Å². The van der Waals surface area contributed by atoms with Gasteiger partial charge in [-0.05, 0) is 43.8 Å². The maximum absolute atomic E-state index is 12.5. The lowest BCUT2D eigenvalue weighted by Crippen LogP contribution is -2.40. The number of halogens is 3. The molecule has 2 rings (SSSR count). The van der Waals surface area contributed by atoms with Crippen LogP contribution in [0.5, 0.6) is 5.75 Å². The number of rotatable bonds is 8. The van der Waals surface area contributed by atoms with Crippen LogP contribution in [0.4, 0.5) is 18.9 Å². The Morgan fingerprint density at radius 3 is 2.17 bits per heavy atom. The van der Waals surface area contributed by atoms with Gasteiger partial charge in [0.1, 0.15) is 5.75 Å². The molecule has 1 N–H and O–H groups in total. The predicted molar refractivity (Wildman–Crippen MR) is 107 cm³/mol. The molecule has 0 aliphatic rings. The molecule has 2 aromatic carbocycles. The molecule has 0 heterocycles. The van der Waals surface area contributed by atoms with Gasteiger partial charge in [0.25, 0.3) is 0 Å². The molecule has 2 amide bonds. The van der Waals surface area contributed by atoms with E-state index in [1.807, 2.05) is 37.3 Å². The van der Waals surface area contributed by atoms with Crippen molar-refractivity contribution in [2.75, 3.05) is 32.5 Å². The monoisotopic (exact) mass is 423 g/mol. The molecule has 0 saturated carbocycles. The number of hydrogen-bond donors (Lipinski definition) is 1. The minimum absolute atomic E-state index is 0.0411. The van der Waals surface area contributed by atoms with Crippen molar-refractivity contribution in [2.45, 2.75) is 19.3 Å². The summed E-state index contributed by atoms with van der Waals surface area (Å²) in [7, 11) is 3.34. The summed E-state index contributed by atoms with van der Waals surface area (Å²) >= 11 is 0. The van der Waals surface area contributed by atoms with Gasteiger partial charge in [-0.1, -0.05) is 30.3 Å². The predicted octanol–water partition coefficient (Wildman–Crippen LogP) is 3.68. The number of nitrogens with zero attached hydrogens (tertiary/aromatic N) is 2. The summed E-state index contributed by atoms with van der Waals surface area (Å²) in [6.07, 6.45) is -4.77. The van der Waals surface area contributed by atoms with E-state index in [9.17, 15) is 22.8 Å². The second-order valence-corrected chi connectivity index (χ2v) is 6.88. The quantitative estimate of drug-likeness (QED) is 0.704. The van der Waals surface area contributed by atoms with Gasteiger partial charge in [-0.15, -0.1) is 13.2 Å². The van der Waals surface area contributed by atoms with Gasteiger partial charge >= 0.3 is 6.36 Å². The highest BCUT2D eigenvalue weighted by atomic mass is 19.4. The molecule has 162 valence electrons. The smallest absolute Gasteiger partial charge is 0.406 e. The highest BCUT2D eigenvalue weighted by Crippen LogP contribution is 2.24. The number of ether oxygens (including phenoxy) is 1. The Morgan fingerprint density at radius 2 is 1.60 bits per heavy atom. The third-order valence-electron chi connectivity index (χ3n) is 4.45. The molecule has 2 aromatic rings. The fraction of sp³-hybridized carbons (Fsp3) is 0.333. The van der Waals surface area contributed by atoms with E-state index in [1.165, 1.54) is 12.1 Å². The van der Waals surface area contributed by atoms with Gasteiger partial charge in [0.2, 0.25) is 11.8 Å². The summed E-state index contributed by atoms with van der Waals surface area (Å²) in [4.78, 5) is 27.8. The summed E-state index contributed by atoms with van der Waals surface area (Å²) in [6, 6.07) is 14.3. The molecule has 0 radical (unpaired) electrons. The summed E-state index contributed by atoms with van der Waals surface area (Å²) in [6.45, 7) is 1.91. The van der Waals surface area contributed by atoms with E-state index in [2.05, 4.69) is 10.1 Å². The second kappa shape index (κ2) is 10.1. The lowest BCUT2D eigenvalue weighted by Gasteiger charge is -2.27. The number of likely N-dealkylation sites (N-methyl/N-ethyl adjacent to an activating group) is 2. The van der Waals surface area contributed by atoms with Crippen molar-refractivity contribution in [3.8, 4) is 5.75 Å². The second-order valence-electron chi connectivity index (χ2n) is 6.88. The van der Waals surface area contributed by atoms with Gasteiger partial charge in [0, 0.05) is 12.7 Å². The molecule has 0 aliphatic carbocycles. The third-order valence-corrected chi connectivity index (χ3v) is 4.45. The zero-order valence-electron chi connectivity index (χ0n) is 16.9. The average Bonchev–Trinajstić information content (AvgIpc) is 2.67. The average molecular weight is 423 g/mol. The normalized spacial score (nSPS) is 12.4. The number of benzene rings is 2. The van der Waals surface area contributed by atoms with Crippen LogP contribution in [0.3, 0.4) is 0 Å². The van der Waals surface area contributed by atoms with Crippen molar-refractivity contribution in [1.82, 2.24) is 9.80 Å². The Kier molecular flexibility index (Phi) is 7.82. The molecular weight excluding hydrogens is 399 g/mol. The van der Waals surface area contributed by atoms with Crippen molar-refractivity contribution >= 4 is 17.5 Å². The van der Waals surface area contributed by atoms with Crippen molar-refractivity contribution in [3.63, 3.8) is 0 Å². The first-order valence-electron chi connectivity index (χ1n) is 9.20. The Morgan fingerprint density at radius 1 is 1.00 bits per heavy atom. The van der Waals surface area contributed by atoms with E-state index in [0.29, 0.717) is 5.69 Å². The number of nitrogens with one attached hydrogen (secondary N) is 1. The van der Waals surface area contributed by atoms with Crippen LogP contribution in [0.15, 0.2) is 54.6 Å². The van der Waals surface area contributed by atoms with Crippen LogP contribution in [-0.4, -0.2) is 55.2 Å². The maximum Gasteiger partial charge on any atom is 0.573 e. The Hall–Kier alpha value is -3.07. The van der Waals surface area contributed by atoms with Crippen molar-refractivity contribution < 1.29 is 27.5 Å². The van der Waals surface area contributed by atoms with Gasteiger partial charge in [0.05, 0.1) is 19.1 Å². The van der Waals surface area contributed by atoms with E-state index < -0.39 is 12.3 Å². The number of carbonyl (C=O) groups excluding carboxylic acids is 2. The molecule has 0 aliphatic heterocycles. The van der Waals surface area contributed by atoms with E-state index in [-0.39, 0.29) is 30.8 Å². The van der Waals surface area contributed by atoms with Crippen molar-refractivity contribution in [1.29, 1.82) is 0 Å².